The molecule has 0 bridgehead atoms. The van der Waals surface area contributed by atoms with Crippen LogP contribution in [0, 0.1) is 0 Å². The zero-order chi connectivity index (χ0) is 21.8. The van der Waals surface area contributed by atoms with E-state index in [0.29, 0.717) is 22.4 Å². The van der Waals surface area contributed by atoms with E-state index in [-0.39, 0.29) is 18.3 Å². The number of hydrogen-bond donors (Lipinski definition) is 3. The summed E-state index contributed by atoms with van der Waals surface area (Å²) >= 11 is 0. The molecule has 1 aliphatic rings. The third-order valence-corrected chi connectivity index (χ3v) is 4.94. The highest BCUT2D eigenvalue weighted by molar-refractivity contribution is 5.92. The Morgan fingerprint density at radius 1 is 1.06 bits per heavy atom. The maximum absolute atomic E-state index is 12.1. The Morgan fingerprint density at radius 2 is 1.84 bits per heavy atom. The van der Waals surface area contributed by atoms with Crippen LogP contribution in [0.3, 0.4) is 0 Å². The second kappa shape index (κ2) is 8.74. The van der Waals surface area contributed by atoms with Crippen molar-refractivity contribution in [2.24, 2.45) is 0 Å². The van der Waals surface area contributed by atoms with Gasteiger partial charge in [0.25, 0.3) is 0 Å². The van der Waals surface area contributed by atoms with Crippen molar-refractivity contribution in [2.45, 2.75) is 12.8 Å². The molecule has 1 aliphatic heterocycles. The molecule has 10 nitrogen and oxygen atoms in total. The van der Waals surface area contributed by atoms with Crippen LogP contribution in [0.1, 0.15) is 12.8 Å². The van der Waals surface area contributed by atoms with Crippen LogP contribution in [0.25, 0.3) is 10.9 Å². The van der Waals surface area contributed by atoms with Crippen molar-refractivity contribution in [1.82, 2.24) is 19.8 Å². The van der Waals surface area contributed by atoms with Gasteiger partial charge in [-0.25, -0.2) is 14.6 Å². The summed E-state index contributed by atoms with van der Waals surface area (Å²) in [5.41, 5.74) is 0.553. The van der Waals surface area contributed by atoms with Gasteiger partial charge in [0.1, 0.15) is 17.3 Å². The first kappa shape index (κ1) is 20.2. The normalized spacial score (nSPS) is 13.2. The molecule has 0 radical (unpaired) electrons. The fourth-order valence-electron chi connectivity index (χ4n) is 3.42. The van der Waals surface area contributed by atoms with Crippen molar-refractivity contribution in [3.05, 3.63) is 48.8 Å². The number of nitrogens with one attached hydrogen (secondary N) is 2. The molecule has 1 aromatic carbocycles. The Hall–Kier alpha value is -4.08. The number of benzene rings is 1. The van der Waals surface area contributed by atoms with E-state index < -0.39 is 12.1 Å². The third kappa shape index (κ3) is 4.74. The zero-order valence-corrected chi connectivity index (χ0v) is 16.6. The van der Waals surface area contributed by atoms with E-state index >= 15 is 0 Å². The molecule has 10 heteroatoms. The summed E-state index contributed by atoms with van der Waals surface area (Å²) in [6.45, 7) is 1.39. The van der Waals surface area contributed by atoms with E-state index in [9.17, 15) is 14.4 Å². The predicted octanol–water partition coefficient (Wildman–Crippen LogP) is 3.10. The van der Waals surface area contributed by atoms with Crippen molar-refractivity contribution in [2.75, 3.05) is 25.0 Å². The molecule has 0 spiro atoms. The second-order valence-corrected chi connectivity index (χ2v) is 7.06. The number of nitrogens with zero attached hydrogens (tertiary/aromatic N) is 3. The van der Waals surface area contributed by atoms with Gasteiger partial charge < -0.3 is 20.1 Å². The van der Waals surface area contributed by atoms with Gasteiger partial charge in [-0.2, -0.15) is 0 Å². The van der Waals surface area contributed by atoms with Crippen LogP contribution < -0.4 is 15.4 Å². The number of amides is 3. The standard InChI is InChI=1S/C21H21N5O5/c27-19(25-8-1-2-9-25)13-23-20(28)24-18-12-16(5-7-22-18)31-15-3-4-17-14(11-15)6-10-26(17)21(29)30/h3-7,10-12H,1-2,8-9,13H2,(H,29,30)(H2,22,23,24,28). The smallest absolute Gasteiger partial charge is 0.415 e. The van der Waals surface area contributed by atoms with Gasteiger partial charge in [-0.1, -0.05) is 0 Å². The quantitative estimate of drug-likeness (QED) is 0.579. The number of likely N-dealkylation sites (tertiary alicyclic amines) is 1. The van der Waals surface area contributed by atoms with Gasteiger partial charge in [-0.15, -0.1) is 0 Å². The first-order chi connectivity index (χ1) is 15.0. The Morgan fingerprint density at radius 3 is 2.61 bits per heavy atom. The monoisotopic (exact) mass is 423 g/mol. The summed E-state index contributed by atoms with van der Waals surface area (Å²) < 4.78 is 6.94. The number of carbonyl (C=O) groups excluding carboxylic acids is 2. The number of anilines is 1. The Balaban J connectivity index is 1.36. The van der Waals surface area contributed by atoms with E-state index in [1.54, 1.807) is 41.3 Å². The summed E-state index contributed by atoms with van der Waals surface area (Å²) in [5, 5.41) is 15.0. The lowest BCUT2D eigenvalue weighted by Crippen LogP contribution is -2.40. The number of ether oxygens (including phenoxy) is 1. The number of hydrogen-bond acceptors (Lipinski definition) is 5. The van der Waals surface area contributed by atoms with Crippen LogP contribution in [0.2, 0.25) is 0 Å². The highest BCUT2D eigenvalue weighted by Gasteiger charge is 2.18. The minimum atomic E-state index is -1.06. The average Bonchev–Trinajstić information content (AvgIpc) is 3.42. The summed E-state index contributed by atoms with van der Waals surface area (Å²) in [4.78, 5) is 41.1. The Kier molecular flexibility index (Phi) is 5.69. The van der Waals surface area contributed by atoms with E-state index in [1.807, 2.05) is 0 Å². The second-order valence-electron chi connectivity index (χ2n) is 7.06. The number of urea groups is 1. The topological polar surface area (TPSA) is 126 Å². The van der Waals surface area contributed by atoms with E-state index in [0.717, 1.165) is 30.5 Å². The first-order valence-corrected chi connectivity index (χ1v) is 9.80. The van der Waals surface area contributed by atoms with Crippen LogP contribution in [0.15, 0.2) is 48.8 Å². The van der Waals surface area contributed by atoms with Gasteiger partial charge in [0.15, 0.2) is 0 Å². The number of aromatic nitrogens is 2. The molecule has 0 aliphatic carbocycles. The molecule has 1 fully saturated rings. The highest BCUT2D eigenvalue weighted by Crippen LogP contribution is 2.27. The highest BCUT2D eigenvalue weighted by atomic mass is 16.5. The molecule has 4 rings (SSSR count). The van der Waals surface area contributed by atoms with Crippen molar-refractivity contribution in [1.29, 1.82) is 0 Å². The van der Waals surface area contributed by atoms with Crippen LogP contribution in [0.4, 0.5) is 15.4 Å². The van der Waals surface area contributed by atoms with E-state index in [4.69, 9.17) is 9.84 Å². The third-order valence-electron chi connectivity index (χ3n) is 4.94. The molecular formula is C21H21N5O5. The van der Waals surface area contributed by atoms with Crippen LogP contribution in [-0.4, -0.2) is 57.2 Å². The molecule has 3 heterocycles. The van der Waals surface area contributed by atoms with Gasteiger partial charge in [-0.3, -0.25) is 14.7 Å². The molecule has 2 aromatic heterocycles. The van der Waals surface area contributed by atoms with E-state index in [1.165, 1.54) is 12.4 Å². The van der Waals surface area contributed by atoms with Gasteiger partial charge in [0.05, 0.1) is 12.1 Å². The van der Waals surface area contributed by atoms with Crippen LogP contribution >= 0.6 is 0 Å². The summed E-state index contributed by atoms with van der Waals surface area (Å²) in [6, 6.07) is 9.37. The van der Waals surface area contributed by atoms with Crippen molar-refractivity contribution >= 4 is 34.8 Å². The molecule has 3 amide bonds. The van der Waals surface area contributed by atoms with Crippen molar-refractivity contribution in [3.8, 4) is 11.5 Å². The van der Waals surface area contributed by atoms with Gasteiger partial charge in [0.2, 0.25) is 5.91 Å². The molecule has 31 heavy (non-hydrogen) atoms. The summed E-state index contributed by atoms with van der Waals surface area (Å²) in [5.74, 6) is 1.11. The molecule has 3 N–H and O–H groups in total. The molecule has 0 atom stereocenters. The maximum atomic E-state index is 12.1. The number of rotatable bonds is 5. The Bertz CT molecular complexity index is 1140. The molecule has 3 aromatic rings. The minimum Gasteiger partial charge on any atom is -0.464 e. The largest absolute Gasteiger partial charge is 0.464 e. The van der Waals surface area contributed by atoms with Gasteiger partial charge in [0, 0.05) is 36.9 Å². The lowest BCUT2D eigenvalue weighted by molar-refractivity contribution is -0.128. The summed E-state index contributed by atoms with van der Waals surface area (Å²) in [7, 11) is 0. The first-order valence-electron chi connectivity index (χ1n) is 9.80. The Labute approximate surface area is 177 Å². The van der Waals surface area contributed by atoms with E-state index in [2.05, 4.69) is 15.6 Å². The predicted molar refractivity (Wildman–Crippen MR) is 113 cm³/mol. The lowest BCUT2D eigenvalue weighted by Gasteiger charge is -2.15. The molecular weight excluding hydrogens is 402 g/mol. The van der Waals surface area contributed by atoms with Crippen molar-refractivity contribution in [3.63, 3.8) is 0 Å². The van der Waals surface area contributed by atoms with Gasteiger partial charge in [-0.05, 0) is 43.2 Å². The lowest BCUT2D eigenvalue weighted by atomic mass is 10.2. The summed E-state index contributed by atoms with van der Waals surface area (Å²) in [6.07, 6.45) is 3.88. The fourth-order valence-corrected chi connectivity index (χ4v) is 3.42. The van der Waals surface area contributed by atoms with Crippen LogP contribution in [-0.2, 0) is 4.79 Å². The SMILES string of the molecule is O=C(NCC(=O)N1CCCC1)Nc1cc(Oc2ccc3c(ccn3C(=O)O)c2)ccn1. The molecule has 0 unspecified atom stereocenters. The zero-order valence-electron chi connectivity index (χ0n) is 16.6. The number of fused-ring (bicyclic) bond motifs is 1. The average molecular weight is 423 g/mol. The fraction of sp³-hybridized carbons (Fsp3) is 0.238. The van der Waals surface area contributed by atoms with Crippen LogP contribution in [0.5, 0.6) is 11.5 Å². The maximum Gasteiger partial charge on any atom is 0.415 e. The number of carboxylic acid groups (broad SMARTS) is 1. The number of pyridine rings is 1. The van der Waals surface area contributed by atoms with Gasteiger partial charge >= 0.3 is 12.1 Å². The minimum absolute atomic E-state index is 0.0714. The number of carbonyl (C=O) groups is 3. The molecule has 1 saturated heterocycles. The van der Waals surface area contributed by atoms with Crippen molar-refractivity contribution < 1.29 is 24.2 Å². The molecule has 160 valence electrons. The molecule has 0 saturated carbocycles.